The summed E-state index contributed by atoms with van der Waals surface area (Å²) in [7, 11) is 1.80. The van der Waals surface area contributed by atoms with Gasteiger partial charge in [0.25, 0.3) is 5.56 Å². The van der Waals surface area contributed by atoms with Gasteiger partial charge in [-0.05, 0) is 45.4 Å². The average molecular weight is 497 g/mol. The second-order valence-electron chi connectivity index (χ2n) is 8.20. The van der Waals surface area contributed by atoms with Gasteiger partial charge in [0.15, 0.2) is 11.0 Å². The smallest absolute Gasteiger partial charge is 0.295 e. The molecule has 1 amide bonds. The highest BCUT2D eigenvalue weighted by molar-refractivity contribution is 7.99. The molecule has 3 heterocycles. The standard InChI is InChI=1S/C24H28N6O2S2/c1-6-19-12-17(13-33-19)22-26-27-24(29(22)15(2)3)34-14-20(31)25-21-16(4)28(5)30(23(21)32)18-10-8-7-9-11-18/h7-13,15H,6,14H2,1-5H3,(H,25,31). The first-order valence-electron chi connectivity index (χ1n) is 11.1. The lowest BCUT2D eigenvalue weighted by atomic mass is 10.2. The van der Waals surface area contributed by atoms with E-state index in [4.69, 9.17) is 0 Å². The second kappa shape index (κ2) is 10.0. The maximum absolute atomic E-state index is 13.0. The van der Waals surface area contributed by atoms with Gasteiger partial charge < -0.3 is 5.32 Å². The maximum atomic E-state index is 13.0. The molecule has 4 aromatic rings. The number of carbonyl (C=O) groups is 1. The predicted molar refractivity (Wildman–Crippen MR) is 138 cm³/mol. The molecular formula is C24H28N6O2S2. The number of thiophene rings is 1. The molecule has 0 saturated carbocycles. The number of hydrogen-bond acceptors (Lipinski definition) is 6. The zero-order valence-electron chi connectivity index (χ0n) is 19.9. The number of nitrogens with zero attached hydrogens (tertiary/aromatic N) is 5. The number of para-hydroxylation sites is 1. The largest absolute Gasteiger partial charge is 0.319 e. The van der Waals surface area contributed by atoms with Crippen LogP contribution in [0.4, 0.5) is 5.69 Å². The van der Waals surface area contributed by atoms with Gasteiger partial charge in [-0.1, -0.05) is 36.9 Å². The first-order valence-corrected chi connectivity index (χ1v) is 13.0. The quantitative estimate of drug-likeness (QED) is 0.358. The summed E-state index contributed by atoms with van der Waals surface area (Å²) < 4.78 is 5.34. The van der Waals surface area contributed by atoms with E-state index in [1.54, 1.807) is 27.7 Å². The Balaban J connectivity index is 1.52. The molecule has 0 aliphatic heterocycles. The molecule has 1 aromatic carbocycles. The number of benzene rings is 1. The number of rotatable bonds is 8. The Bertz CT molecular complexity index is 1360. The van der Waals surface area contributed by atoms with Crippen LogP contribution in [-0.4, -0.2) is 35.8 Å². The molecule has 0 bridgehead atoms. The summed E-state index contributed by atoms with van der Waals surface area (Å²) in [5, 5.41) is 14.3. The van der Waals surface area contributed by atoms with Gasteiger partial charge in [0.2, 0.25) is 5.91 Å². The molecule has 0 unspecified atom stereocenters. The van der Waals surface area contributed by atoms with E-state index in [-0.39, 0.29) is 28.9 Å². The highest BCUT2D eigenvalue weighted by Gasteiger charge is 2.21. The van der Waals surface area contributed by atoms with Crippen molar-refractivity contribution in [2.24, 2.45) is 7.05 Å². The van der Waals surface area contributed by atoms with Crippen LogP contribution in [0.1, 0.15) is 37.4 Å². The normalized spacial score (nSPS) is 11.4. The lowest BCUT2D eigenvalue weighted by Crippen LogP contribution is -2.23. The van der Waals surface area contributed by atoms with Crippen molar-refractivity contribution in [3.05, 3.63) is 62.7 Å². The van der Waals surface area contributed by atoms with E-state index in [1.807, 2.05) is 37.3 Å². The van der Waals surface area contributed by atoms with Crippen molar-refractivity contribution in [2.75, 3.05) is 11.1 Å². The van der Waals surface area contributed by atoms with Gasteiger partial charge in [0.1, 0.15) is 5.69 Å². The van der Waals surface area contributed by atoms with Gasteiger partial charge in [0.05, 0.1) is 17.1 Å². The zero-order chi connectivity index (χ0) is 24.4. The van der Waals surface area contributed by atoms with Gasteiger partial charge >= 0.3 is 0 Å². The van der Waals surface area contributed by atoms with Crippen molar-refractivity contribution < 1.29 is 4.79 Å². The predicted octanol–water partition coefficient (Wildman–Crippen LogP) is 4.68. The zero-order valence-corrected chi connectivity index (χ0v) is 21.5. The topological polar surface area (TPSA) is 86.7 Å². The Morgan fingerprint density at radius 3 is 2.59 bits per heavy atom. The molecule has 0 aliphatic rings. The molecule has 4 rings (SSSR count). The van der Waals surface area contributed by atoms with Crippen LogP contribution in [0.5, 0.6) is 0 Å². The maximum Gasteiger partial charge on any atom is 0.295 e. The monoisotopic (exact) mass is 496 g/mol. The third kappa shape index (κ3) is 4.60. The number of amides is 1. The SMILES string of the molecule is CCc1cc(-c2nnc(SCC(=O)Nc3c(C)n(C)n(-c4ccccc4)c3=O)n2C(C)C)cs1. The lowest BCUT2D eigenvalue weighted by Gasteiger charge is -2.13. The van der Waals surface area contributed by atoms with Gasteiger partial charge in [-0.3, -0.25) is 18.8 Å². The summed E-state index contributed by atoms with van der Waals surface area (Å²) in [4.78, 5) is 27.1. The number of thioether (sulfide) groups is 1. The number of carbonyl (C=O) groups excluding carboxylic acids is 1. The number of aryl methyl sites for hydroxylation is 1. The first-order chi connectivity index (χ1) is 16.3. The minimum atomic E-state index is -0.264. The molecule has 34 heavy (non-hydrogen) atoms. The summed E-state index contributed by atoms with van der Waals surface area (Å²) in [6.07, 6.45) is 0.979. The molecule has 8 nitrogen and oxygen atoms in total. The number of hydrogen-bond donors (Lipinski definition) is 1. The van der Waals surface area contributed by atoms with E-state index in [9.17, 15) is 9.59 Å². The average Bonchev–Trinajstić information content (AvgIpc) is 3.52. The number of aromatic nitrogens is 5. The Kier molecular flexibility index (Phi) is 7.08. The van der Waals surface area contributed by atoms with Crippen LogP contribution in [0.25, 0.3) is 17.1 Å². The van der Waals surface area contributed by atoms with Crippen LogP contribution in [-0.2, 0) is 18.3 Å². The van der Waals surface area contributed by atoms with Crippen LogP contribution in [0.3, 0.4) is 0 Å². The summed E-state index contributed by atoms with van der Waals surface area (Å²) in [6.45, 7) is 8.09. The summed E-state index contributed by atoms with van der Waals surface area (Å²) in [5.41, 5.74) is 2.49. The van der Waals surface area contributed by atoms with Crippen LogP contribution in [0.15, 0.2) is 51.7 Å². The molecule has 0 aliphatic carbocycles. The van der Waals surface area contributed by atoms with Crippen LogP contribution in [0, 0.1) is 6.92 Å². The van der Waals surface area contributed by atoms with Crippen molar-refractivity contribution in [3.63, 3.8) is 0 Å². The van der Waals surface area contributed by atoms with E-state index in [2.05, 4.69) is 52.3 Å². The minimum absolute atomic E-state index is 0.119. The van der Waals surface area contributed by atoms with E-state index in [0.29, 0.717) is 10.9 Å². The van der Waals surface area contributed by atoms with Gasteiger partial charge in [-0.2, -0.15) is 0 Å². The van der Waals surface area contributed by atoms with E-state index >= 15 is 0 Å². The molecule has 1 N–H and O–H groups in total. The fraction of sp³-hybridized carbons (Fsp3) is 0.333. The fourth-order valence-corrected chi connectivity index (χ4v) is 5.42. The molecule has 0 atom stereocenters. The highest BCUT2D eigenvalue weighted by atomic mass is 32.2. The van der Waals surface area contributed by atoms with Gasteiger partial charge in [0, 0.05) is 28.9 Å². The van der Waals surface area contributed by atoms with Crippen molar-refractivity contribution in [2.45, 2.75) is 45.3 Å². The Labute approximate surface area is 206 Å². The molecular weight excluding hydrogens is 468 g/mol. The molecule has 10 heteroatoms. The van der Waals surface area contributed by atoms with Gasteiger partial charge in [-0.15, -0.1) is 21.5 Å². The molecule has 3 aromatic heterocycles. The van der Waals surface area contributed by atoms with E-state index in [0.717, 1.165) is 23.5 Å². The second-order valence-corrected chi connectivity index (χ2v) is 10.1. The molecule has 0 saturated heterocycles. The fourth-order valence-electron chi connectivity index (χ4n) is 3.74. The first kappa shape index (κ1) is 24.0. The van der Waals surface area contributed by atoms with Crippen molar-refractivity contribution in [1.29, 1.82) is 0 Å². The van der Waals surface area contributed by atoms with Crippen LogP contribution >= 0.6 is 23.1 Å². The Morgan fingerprint density at radius 1 is 1.21 bits per heavy atom. The molecule has 178 valence electrons. The van der Waals surface area contributed by atoms with Crippen molar-refractivity contribution in [1.82, 2.24) is 24.1 Å². The summed E-state index contributed by atoms with van der Waals surface area (Å²) >= 11 is 3.03. The van der Waals surface area contributed by atoms with E-state index in [1.165, 1.54) is 16.6 Å². The van der Waals surface area contributed by atoms with Crippen LogP contribution in [0.2, 0.25) is 0 Å². The third-order valence-corrected chi connectivity index (χ3v) is 7.62. The molecule has 0 fully saturated rings. The number of anilines is 1. The van der Waals surface area contributed by atoms with E-state index < -0.39 is 0 Å². The number of nitrogens with one attached hydrogen (secondary N) is 1. The highest BCUT2D eigenvalue weighted by Crippen LogP contribution is 2.30. The molecule has 0 spiro atoms. The Hall–Kier alpha value is -3.11. The summed E-state index contributed by atoms with van der Waals surface area (Å²) in [5.74, 6) is 0.659. The third-order valence-electron chi connectivity index (χ3n) is 5.59. The van der Waals surface area contributed by atoms with Crippen LogP contribution < -0.4 is 10.9 Å². The van der Waals surface area contributed by atoms with Crippen molar-refractivity contribution in [3.8, 4) is 17.1 Å². The Morgan fingerprint density at radius 2 is 1.94 bits per heavy atom. The minimum Gasteiger partial charge on any atom is -0.319 e. The molecule has 0 radical (unpaired) electrons. The summed E-state index contributed by atoms with van der Waals surface area (Å²) in [6, 6.07) is 11.6. The lowest BCUT2D eigenvalue weighted by molar-refractivity contribution is -0.113. The van der Waals surface area contributed by atoms with Crippen molar-refractivity contribution >= 4 is 34.7 Å². The van der Waals surface area contributed by atoms with Gasteiger partial charge in [-0.25, -0.2) is 4.68 Å².